The van der Waals surface area contributed by atoms with Crippen molar-refractivity contribution >= 4 is 39.9 Å². The zero-order valence-corrected chi connectivity index (χ0v) is 15.6. The average Bonchev–Trinajstić information content (AvgIpc) is 3.11. The van der Waals surface area contributed by atoms with Crippen LogP contribution in [0.4, 0.5) is 5.69 Å². The van der Waals surface area contributed by atoms with E-state index < -0.39 is 0 Å². The summed E-state index contributed by atoms with van der Waals surface area (Å²) in [6.45, 7) is 1.82. The number of para-hydroxylation sites is 3. The van der Waals surface area contributed by atoms with Gasteiger partial charge in [0.1, 0.15) is 12.1 Å². The van der Waals surface area contributed by atoms with E-state index in [0.29, 0.717) is 16.6 Å². The van der Waals surface area contributed by atoms with Gasteiger partial charge in [-0.25, -0.2) is 14.5 Å². The number of nitrogens with one attached hydrogen (secondary N) is 1. The van der Waals surface area contributed by atoms with Gasteiger partial charge in [0.05, 0.1) is 23.6 Å². The summed E-state index contributed by atoms with van der Waals surface area (Å²) in [6, 6.07) is 15.1. The van der Waals surface area contributed by atoms with Crippen LogP contribution >= 0.6 is 11.8 Å². The Morgan fingerprint density at radius 1 is 1.19 bits per heavy atom. The van der Waals surface area contributed by atoms with E-state index in [1.54, 1.807) is 30.1 Å². The molecule has 2 heterocycles. The molecular weight excluding hydrogens is 362 g/mol. The Balaban J connectivity index is 1.54. The molecule has 27 heavy (non-hydrogen) atoms. The van der Waals surface area contributed by atoms with E-state index >= 15 is 0 Å². The molecule has 8 heteroatoms. The third kappa shape index (κ3) is 3.43. The van der Waals surface area contributed by atoms with Crippen molar-refractivity contribution in [2.45, 2.75) is 17.3 Å². The second kappa shape index (κ2) is 7.24. The standard InChI is InChI=1S/C19H17N5O2S/c1-12(18(25)21-15-9-5-6-10-16(15)26-2)27-19-22-17-13-7-3-4-8-14(13)20-11-24(17)23-19/h3-12H,1-2H3,(H,21,25)/t12-/m1/s1. The summed E-state index contributed by atoms with van der Waals surface area (Å²) < 4.78 is 6.90. The number of methoxy groups -OCH3 is 1. The average molecular weight is 379 g/mol. The van der Waals surface area contributed by atoms with Crippen LogP contribution in [-0.2, 0) is 4.79 Å². The summed E-state index contributed by atoms with van der Waals surface area (Å²) in [4.78, 5) is 21.5. The fourth-order valence-electron chi connectivity index (χ4n) is 2.70. The number of thioether (sulfide) groups is 1. The highest BCUT2D eigenvalue weighted by Crippen LogP contribution is 2.27. The largest absolute Gasteiger partial charge is 0.495 e. The fraction of sp³-hybridized carbons (Fsp3) is 0.158. The minimum absolute atomic E-state index is 0.147. The molecule has 0 fully saturated rings. The van der Waals surface area contributed by atoms with E-state index in [2.05, 4.69) is 20.4 Å². The maximum absolute atomic E-state index is 12.6. The second-order valence-electron chi connectivity index (χ2n) is 5.87. The summed E-state index contributed by atoms with van der Waals surface area (Å²) in [5.74, 6) is 0.470. The van der Waals surface area contributed by atoms with Crippen molar-refractivity contribution in [1.82, 2.24) is 19.6 Å². The molecule has 2 aromatic heterocycles. The lowest BCUT2D eigenvalue weighted by Crippen LogP contribution is -2.22. The first-order chi connectivity index (χ1) is 13.2. The molecule has 0 aliphatic heterocycles. The van der Waals surface area contributed by atoms with Crippen LogP contribution < -0.4 is 10.1 Å². The molecule has 1 amide bonds. The molecule has 0 aliphatic carbocycles. The van der Waals surface area contributed by atoms with Gasteiger partial charge in [-0.05, 0) is 31.2 Å². The molecule has 4 aromatic rings. The third-order valence-corrected chi connectivity index (χ3v) is 5.03. The fourth-order valence-corrected chi connectivity index (χ4v) is 3.46. The summed E-state index contributed by atoms with van der Waals surface area (Å²) in [5.41, 5.74) is 2.21. The molecule has 1 atom stereocenters. The van der Waals surface area contributed by atoms with Crippen molar-refractivity contribution in [3.63, 3.8) is 0 Å². The van der Waals surface area contributed by atoms with Crippen molar-refractivity contribution in [3.8, 4) is 5.75 Å². The Morgan fingerprint density at radius 2 is 1.96 bits per heavy atom. The number of carbonyl (C=O) groups is 1. The van der Waals surface area contributed by atoms with E-state index in [0.717, 1.165) is 16.6 Å². The molecule has 0 saturated carbocycles. The van der Waals surface area contributed by atoms with Gasteiger partial charge in [0.25, 0.3) is 0 Å². The number of carbonyl (C=O) groups excluding carboxylic acids is 1. The summed E-state index contributed by atoms with van der Waals surface area (Å²) in [6.07, 6.45) is 1.63. The number of amides is 1. The topological polar surface area (TPSA) is 81.4 Å². The highest BCUT2D eigenvalue weighted by Gasteiger charge is 2.19. The zero-order valence-electron chi connectivity index (χ0n) is 14.8. The van der Waals surface area contributed by atoms with Crippen molar-refractivity contribution < 1.29 is 9.53 Å². The predicted octanol–water partition coefficient (Wildman–Crippen LogP) is 3.41. The molecule has 7 nitrogen and oxygen atoms in total. The van der Waals surface area contributed by atoms with Gasteiger partial charge in [-0.2, -0.15) is 0 Å². The number of rotatable bonds is 5. The van der Waals surface area contributed by atoms with Crippen molar-refractivity contribution in [2.24, 2.45) is 0 Å². The highest BCUT2D eigenvalue weighted by atomic mass is 32.2. The lowest BCUT2D eigenvalue weighted by Gasteiger charge is -2.12. The first kappa shape index (κ1) is 17.3. The van der Waals surface area contributed by atoms with Crippen LogP contribution in [-0.4, -0.2) is 37.8 Å². The highest BCUT2D eigenvalue weighted by molar-refractivity contribution is 8.00. The number of hydrogen-bond donors (Lipinski definition) is 1. The molecule has 0 bridgehead atoms. The Labute approximate surface area is 159 Å². The molecule has 4 rings (SSSR count). The smallest absolute Gasteiger partial charge is 0.237 e. The SMILES string of the molecule is COc1ccccc1NC(=O)[C@@H](C)Sc1nc2c3ccccc3ncn2n1. The molecule has 2 aromatic carbocycles. The lowest BCUT2D eigenvalue weighted by molar-refractivity contribution is -0.115. The van der Waals surface area contributed by atoms with Crippen LogP contribution in [0.25, 0.3) is 16.6 Å². The molecule has 0 unspecified atom stereocenters. The van der Waals surface area contributed by atoms with Gasteiger partial charge in [-0.1, -0.05) is 36.0 Å². The Kier molecular flexibility index (Phi) is 4.64. The third-order valence-electron chi connectivity index (χ3n) is 4.08. The minimum Gasteiger partial charge on any atom is -0.495 e. The normalized spacial score (nSPS) is 12.2. The van der Waals surface area contributed by atoms with Gasteiger partial charge in [0, 0.05) is 5.39 Å². The predicted molar refractivity (Wildman–Crippen MR) is 105 cm³/mol. The molecule has 0 saturated heterocycles. The minimum atomic E-state index is -0.383. The van der Waals surface area contributed by atoms with Crippen molar-refractivity contribution in [3.05, 3.63) is 54.9 Å². The lowest BCUT2D eigenvalue weighted by atomic mass is 10.2. The number of anilines is 1. The number of fused-ring (bicyclic) bond motifs is 3. The van der Waals surface area contributed by atoms with Crippen LogP contribution in [0.3, 0.4) is 0 Å². The number of benzene rings is 2. The molecule has 1 N–H and O–H groups in total. The van der Waals surface area contributed by atoms with Gasteiger partial charge in [-0.15, -0.1) is 5.10 Å². The summed E-state index contributed by atoms with van der Waals surface area (Å²) >= 11 is 1.29. The van der Waals surface area contributed by atoms with Crippen LogP contribution in [0, 0.1) is 0 Å². The van der Waals surface area contributed by atoms with E-state index in [4.69, 9.17) is 4.74 Å². The summed E-state index contributed by atoms with van der Waals surface area (Å²) in [7, 11) is 1.57. The monoisotopic (exact) mass is 379 g/mol. The maximum Gasteiger partial charge on any atom is 0.237 e. The molecule has 0 aliphatic rings. The van der Waals surface area contributed by atoms with E-state index in [1.807, 2.05) is 43.3 Å². The number of nitrogens with zero attached hydrogens (tertiary/aromatic N) is 4. The molecule has 136 valence electrons. The van der Waals surface area contributed by atoms with Crippen molar-refractivity contribution in [1.29, 1.82) is 0 Å². The van der Waals surface area contributed by atoms with Crippen LogP contribution in [0.5, 0.6) is 5.75 Å². The van der Waals surface area contributed by atoms with Gasteiger partial charge in [-0.3, -0.25) is 4.79 Å². The second-order valence-corrected chi connectivity index (χ2v) is 7.18. The van der Waals surface area contributed by atoms with Gasteiger partial charge in [0.15, 0.2) is 5.65 Å². The van der Waals surface area contributed by atoms with E-state index in [9.17, 15) is 4.79 Å². The Morgan fingerprint density at radius 3 is 2.81 bits per heavy atom. The zero-order chi connectivity index (χ0) is 18.8. The quantitative estimate of drug-likeness (QED) is 0.535. The number of ether oxygens (including phenoxy) is 1. The van der Waals surface area contributed by atoms with Gasteiger partial charge in [0.2, 0.25) is 11.1 Å². The molecular formula is C19H17N5O2S. The maximum atomic E-state index is 12.6. The first-order valence-electron chi connectivity index (χ1n) is 8.36. The summed E-state index contributed by atoms with van der Waals surface area (Å²) in [5, 5.41) is 8.38. The molecule has 0 spiro atoms. The van der Waals surface area contributed by atoms with E-state index in [1.165, 1.54) is 11.8 Å². The van der Waals surface area contributed by atoms with Gasteiger partial charge < -0.3 is 10.1 Å². The number of aromatic nitrogens is 4. The van der Waals surface area contributed by atoms with Crippen LogP contribution in [0.2, 0.25) is 0 Å². The van der Waals surface area contributed by atoms with Crippen LogP contribution in [0.1, 0.15) is 6.92 Å². The first-order valence-corrected chi connectivity index (χ1v) is 9.24. The number of hydrogen-bond acceptors (Lipinski definition) is 6. The van der Waals surface area contributed by atoms with Gasteiger partial charge >= 0.3 is 0 Å². The Hall–Kier alpha value is -3.13. The Bertz CT molecular complexity index is 1130. The van der Waals surface area contributed by atoms with Crippen molar-refractivity contribution in [2.75, 3.05) is 12.4 Å². The van der Waals surface area contributed by atoms with Crippen LogP contribution in [0.15, 0.2) is 60.0 Å². The molecule has 0 radical (unpaired) electrons. The van der Waals surface area contributed by atoms with E-state index in [-0.39, 0.29) is 11.2 Å².